The Morgan fingerprint density at radius 1 is 1.14 bits per heavy atom. The maximum absolute atomic E-state index is 12.8. The van der Waals surface area contributed by atoms with Crippen LogP contribution in [0, 0.1) is 11.8 Å². The van der Waals surface area contributed by atoms with E-state index in [-0.39, 0.29) is 5.92 Å². The standard InChI is InChI=1S/C18H26N2O/c19-12-15-8-4-5-9-17(15)18(21)20-11-10-16(13-20)14-6-2-1-3-7-14/h1-3,6-7,15-17H,4-5,8-13,19H2. The van der Waals surface area contributed by atoms with Crippen LogP contribution in [0.15, 0.2) is 30.3 Å². The lowest BCUT2D eigenvalue weighted by atomic mass is 9.78. The summed E-state index contributed by atoms with van der Waals surface area (Å²) in [5.41, 5.74) is 7.25. The predicted octanol–water partition coefficient (Wildman–Crippen LogP) is 2.77. The highest BCUT2D eigenvalue weighted by atomic mass is 16.2. The van der Waals surface area contributed by atoms with Crippen molar-refractivity contribution in [2.75, 3.05) is 19.6 Å². The predicted molar refractivity (Wildman–Crippen MR) is 84.9 cm³/mol. The van der Waals surface area contributed by atoms with E-state index in [0.29, 0.717) is 24.3 Å². The molecule has 3 unspecified atom stereocenters. The number of nitrogens with zero attached hydrogens (tertiary/aromatic N) is 1. The van der Waals surface area contributed by atoms with Gasteiger partial charge in [-0.1, -0.05) is 43.2 Å². The van der Waals surface area contributed by atoms with Crippen LogP contribution < -0.4 is 5.73 Å². The molecule has 2 aliphatic rings. The van der Waals surface area contributed by atoms with Gasteiger partial charge in [-0.05, 0) is 37.3 Å². The summed E-state index contributed by atoms with van der Waals surface area (Å²) in [4.78, 5) is 14.9. The number of amides is 1. The Bertz CT molecular complexity index is 473. The summed E-state index contributed by atoms with van der Waals surface area (Å²) < 4.78 is 0. The maximum atomic E-state index is 12.8. The molecule has 0 aromatic heterocycles. The van der Waals surface area contributed by atoms with E-state index >= 15 is 0 Å². The summed E-state index contributed by atoms with van der Waals surface area (Å²) in [6, 6.07) is 10.6. The van der Waals surface area contributed by atoms with Gasteiger partial charge in [0.05, 0.1) is 0 Å². The van der Waals surface area contributed by atoms with E-state index in [1.165, 1.54) is 18.4 Å². The van der Waals surface area contributed by atoms with Gasteiger partial charge in [-0.15, -0.1) is 0 Å². The molecule has 0 spiro atoms. The van der Waals surface area contributed by atoms with Gasteiger partial charge < -0.3 is 10.6 Å². The molecule has 0 bridgehead atoms. The Hall–Kier alpha value is -1.35. The normalized spacial score (nSPS) is 29.6. The van der Waals surface area contributed by atoms with E-state index in [9.17, 15) is 4.79 Å². The zero-order valence-electron chi connectivity index (χ0n) is 12.7. The van der Waals surface area contributed by atoms with Crippen molar-refractivity contribution in [2.45, 2.75) is 38.0 Å². The third-order valence-corrected chi connectivity index (χ3v) is 5.30. The number of hydrogen-bond donors (Lipinski definition) is 1. The number of hydrogen-bond acceptors (Lipinski definition) is 2. The fraction of sp³-hybridized carbons (Fsp3) is 0.611. The first-order valence-electron chi connectivity index (χ1n) is 8.33. The number of rotatable bonds is 3. The van der Waals surface area contributed by atoms with Crippen LogP contribution in [0.1, 0.15) is 43.6 Å². The topological polar surface area (TPSA) is 46.3 Å². The first kappa shape index (κ1) is 14.6. The Morgan fingerprint density at radius 2 is 1.90 bits per heavy atom. The average molecular weight is 286 g/mol. The van der Waals surface area contributed by atoms with E-state index in [1.54, 1.807) is 0 Å². The monoisotopic (exact) mass is 286 g/mol. The van der Waals surface area contributed by atoms with Crippen LogP contribution in [0.4, 0.5) is 0 Å². The molecule has 3 nitrogen and oxygen atoms in total. The maximum Gasteiger partial charge on any atom is 0.226 e. The van der Waals surface area contributed by atoms with Crippen LogP contribution in [0.25, 0.3) is 0 Å². The first-order chi connectivity index (χ1) is 10.3. The highest BCUT2D eigenvalue weighted by Gasteiger charge is 2.36. The molecule has 1 aromatic carbocycles. The quantitative estimate of drug-likeness (QED) is 0.928. The molecule has 3 atom stereocenters. The third kappa shape index (κ3) is 3.13. The largest absolute Gasteiger partial charge is 0.342 e. The van der Waals surface area contributed by atoms with Crippen LogP contribution in [0.2, 0.25) is 0 Å². The Labute approximate surface area is 127 Å². The number of likely N-dealkylation sites (tertiary alicyclic amines) is 1. The van der Waals surface area contributed by atoms with Gasteiger partial charge in [-0.25, -0.2) is 0 Å². The van der Waals surface area contributed by atoms with Gasteiger partial charge in [0, 0.05) is 24.9 Å². The van der Waals surface area contributed by atoms with Crippen LogP contribution in [-0.4, -0.2) is 30.4 Å². The molecule has 3 heteroatoms. The molecule has 2 fully saturated rings. The summed E-state index contributed by atoms with van der Waals surface area (Å²) >= 11 is 0. The van der Waals surface area contributed by atoms with Crippen molar-refractivity contribution in [3.63, 3.8) is 0 Å². The van der Waals surface area contributed by atoms with Crippen molar-refractivity contribution in [3.8, 4) is 0 Å². The molecule has 1 aliphatic carbocycles. The molecule has 114 valence electrons. The van der Waals surface area contributed by atoms with Gasteiger partial charge in [-0.3, -0.25) is 4.79 Å². The Balaban J connectivity index is 1.64. The smallest absolute Gasteiger partial charge is 0.226 e. The summed E-state index contributed by atoms with van der Waals surface area (Å²) in [6.45, 7) is 2.45. The van der Waals surface area contributed by atoms with Gasteiger partial charge in [-0.2, -0.15) is 0 Å². The number of nitrogens with two attached hydrogens (primary N) is 1. The molecule has 1 heterocycles. The van der Waals surface area contributed by atoms with Crippen LogP contribution in [-0.2, 0) is 4.79 Å². The van der Waals surface area contributed by atoms with E-state index in [4.69, 9.17) is 5.73 Å². The molecular formula is C18H26N2O. The lowest BCUT2D eigenvalue weighted by Gasteiger charge is -2.32. The lowest BCUT2D eigenvalue weighted by molar-refractivity contribution is -0.137. The van der Waals surface area contributed by atoms with Gasteiger partial charge in [0.1, 0.15) is 0 Å². The van der Waals surface area contributed by atoms with Gasteiger partial charge >= 0.3 is 0 Å². The van der Waals surface area contributed by atoms with Crippen LogP contribution in [0.3, 0.4) is 0 Å². The number of carbonyl (C=O) groups is 1. The third-order valence-electron chi connectivity index (χ3n) is 5.30. The molecule has 1 amide bonds. The number of benzene rings is 1. The minimum absolute atomic E-state index is 0.179. The molecule has 1 saturated carbocycles. The zero-order chi connectivity index (χ0) is 14.7. The zero-order valence-corrected chi connectivity index (χ0v) is 12.7. The fourth-order valence-electron chi connectivity index (χ4n) is 4.01. The average Bonchev–Trinajstić information content (AvgIpc) is 3.05. The second kappa shape index (κ2) is 6.61. The molecule has 0 radical (unpaired) electrons. The first-order valence-corrected chi connectivity index (χ1v) is 8.33. The summed E-state index contributed by atoms with van der Waals surface area (Å²) in [7, 11) is 0. The molecule has 1 aromatic rings. The van der Waals surface area contributed by atoms with Crippen LogP contribution >= 0.6 is 0 Å². The second-order valence-corrected chi connectivity index (χ2v) is 6.57. The van der Waals surface area contributed by atoms with Crippen molar-refractivity contribution in [3.05, 3.63) is 35.9 Å². The van der Waals surface area contributed by atoms with Crippen molar-refractivity contribution >= 4 is 5.91 Å². The highest BCUT2D eigenvalue weighted by molar-refractivity contribution is 5.79. The van der Waals surface area contributed by atoms with Crippen molar-refractivity contribution in [2.24, 2.45) is 17.6 Å². The van der Waals surface area contributed by atoms with Gasteiger partial charge in [0.15, 0.2) is 0 Å². The minimum Gasteiger partial charge on any atom is -0.342 e. The van der Waals surface area contributed by atoms with Crippen molar-refractivity contribution in [1.82, 2.24) is 4.90 Å². The van der Waals surface area contributed by atoms with Crippen molar-refractivity contribution < 1.29 is 4.79 Å². The SMILES string of the molecule is NCC1CCCCC1C(=O)N1CCC(c2ccccc2)C1. The molecular weight excluding hydrogens is 260 g/mol. The van der Waals surface area contributed by atoms with Gasteiger partial charge in [0.2, 0.25) is 5.91 Å². The summed E-state index contributed by atoms with van der Waals surface area (Å²) in [6.07, 6.45) is 5.67. The van der Waals surface area contributed by atoms with E-state index < -0.39 is 0 Å². The molecule has 21 heavy (non-hydrogen) atoms. The highest BCUT2D eigenvalue weighted by Crippen LogP contribution is 2.34. The molecule has 2 N–H and O–H groups in total. The van der Waals surface area contributed by atoms with Crippen LogP contribution in [0.5, 0.6) is 0 Å². The molecule has 1 saturated heterocycles. The molecule has 3 rings (SSSR count). The minimum atomic E-state index is 0.179. The van der Waals surface area contributed by atoms with E-state index in [0.717, 1.165) is 32.4 Å². The van der Waals surface area contributed by atoms with Crippen molar-refractivity contribution in [1.29, 1.82) is 0 Å². The van der Waals surface area contributed by atoms with Gasteiger partial charge in [0.25, 0.3) is 0 Å². The summed E-state index contributed by atoms with van der Waals surface area (Å²) in [5.74, 6) is 1.46. The Kier molecular flexibility index (Phi) is 4.59. The molecule has 1 aliphatic heterocycles. The summed E-state index contributed by atoms with van der Waals surface area (Å²) in [5, 5.41) is 0. The second-order valence-electron chi connectivity index (χ2n) is 6.57. The van der Waals surface area contributed by atoms with E-state index in [2.05, 4.69) is 35.2 Å². The fourth-order valence-corrected chi connectivity index (χ4v) is 4.01. The Morgan fingerprint density at radius 3 is 2.67 bits per heavy atom. The van der Waals surface area contributed by atoms with E-state index in [1.807, 2.05) is 0 Å². The lowest BCUT2D eigenvalue weighted by Crippen LogP contribution is -2.41. The number of carbonyl (C=O) groups excluding carboxylic acids is 1.